The van der Waals surface area contributed by atoms with Crippen molar-refractivity contribution < 1.29 is 19.5 Å². The quantitative estimate of drug-likeness (QED) is 0.439. The largest absolute Gasteiger partial charge is 0.481 e. The van der Waals surface area contributed by atoms with Crippen LogP contribution in [0.15, 0.2) is 23.3 Å². The van der Waals surface area contributed by atoms with Crippen molar-refractivity contribution in [3.05, 3.63) is 23.3 Å². The molecule has 4 aliphatic rings. The second-order valence-corrected chi connectivity index (χ2v) is 14.7. The molecule has 0 aromatic rings. The lowest BCUT2D eigenvalue weighted by Crippen LogP contribution is -2.59. The molecule has 0 bridgehead atoms. The molecule has 0 aromatic carbocycles. The minimum absolute atomic E-state index is 0.0407. The Kier molecular flexibility index (Phi) is 6.30. The summed E-state index contributed by atoms with van der Waals surface area (Å²) in [6, 6.07) is 2.16. The lowest BCUT2D eigenvalue weighted by atomic mass is 9.38. The number of ketones is 2. The molecule has 0 saturated heterocycles. The van der Waals surface area contributed by atoms with Gasteiger partial charge in [-0.15, -0.1) is 0 Å². The van der Waals surface area contributed by atoms with Gasteiger partial charge in [-0.3, -0.25) is 14.4 Å². The van der Waals surface area contributed by atoms with Crippen LogP contribution in [0.4, 0.5) is 0 Å². The fourth-order valence-corrected chi connectivity index (χ4v) is 8.78. The smallest absolute Gasteiger partial charge is 0.309 e. The standard InChI is InChI=1S/C32H45NO4/c1-20-22(34)17-24-30(6)18-21(19-33)25(35)27(2,3)23(30)9-10-32(24,8)31(20,7)16-13-28(4)11-14-29(5,15-12-28)26(36)37/h17-18,20,23H,9-16H2,1-8H3,(H,36,37)/t20-,23?,28?,29?,30-,31+,32+/m0/s1. The van der Waals surface area contributed by atoms with Crippen LogP contribution >= 0.6 is 0 Å². The summed E-state index contributed by atoms with van der Waals surface area (Å²) in [6.07, 6.45) is 10.6. The zero-order chi connectivity index (χ0) is 27.8. The predicted octanol–water partition coefficient (Wildman–Crippen LogP) is 7.07. The summed E-state index contributed by atoms with van der Waals surface area (Å²) in [4.78, 5) is 38.5. The third kappa shape index (κ3) is 3.80. The Labute approximate surface area is 222 Å². The van der Waals surface area contributed by atoms with E-state index < -0.39 is 22.2 Å². The van der Waals surface area contributed by atoms with E-state index in [9.17, 15) is 24.8 Å². The van der Waals surface area contributed by atoms with E-state index in [2.05, 4.69) is 40.7 Å². The van der Waals surface area contributed by atoms with Crippen LogP contribution in [0.1, 0.15) is 107 Å². The van der Waals surface area contributed by atoms with Gasteiger partial charge in [0.1, 0.15) is 6.07 Å². The van der Waals surface area contributed by atoms with E-state index in [1.165, 1.54) is 0 Å². The van der Waals surface area contributed by atoms with Gasteiger partial charge < -0.3 is 5.11 Å². The number of carbonyl (C=O) groups excluding carboxylic acids is 2. The summed E-state index contributed by atoms with van der Waals surface area (Å²) in [5.74, 6) is -0.724. The third-order valence-corrected chi connectivity index (χ3v) is 12.4. The highest BCUT2D eigenvalue weighted by Gasteiger charge is 2.64. The first-order valence-electron chi connectivity index (χ1n) is 14.1. The topological polar surface area (TPSA) is 95.2 Å². The van der Waals surface area contributed by atoms with Gasteiger partial charge in [0.25, 0.3) is 0 Å². The van der Waals surface area contributed by atoms with Crippen molar-refractivity contribution in [1.29, 1.82) is 5.26 Å². The molecule has 4 aliphatic carbocycles. The van der Waals surface area contributed by atoms with Crippen molar-refractivity contribution in [2.24, 2.45) is 44.3 Å². The number of carboxylic acids is 1. The van der Waals surface area contributed by atoms with Crippen molar-refractivity contribution in [3.8, 4) is 6.07 Å². The fraction of sp³-hybridized carbons (Fsp3) is 0.750. The molecule has 4 rings (SSSR count). The maximum Gasteiger partial charge on any atom is 0.309 e. The molecule has 1 unspecified atom stereocenters. The van der Waals surface area contributed by atoms with E-state index >= 15 is 0 Å². The minimum atomic E-state index is -0.695. The molecule has 5 heteroatoms. The van der Waals surface area contributed by atoms with Crippen molar-refractivity contribution in [2.75, 3.05) is 0 Å². The first kappa shape index (κ1) is 27.8. The molecule has 5 nitrogen and oxygen atoms in total. The number of rotatable bonds is 4. The number of hydrogen-bond donors (Lipinski definition) is 1. The molecule has 0 heterocycles. The molecule has 0 amide bonds. The zero-order valence-corrected chi connectivity index (χ0v) is 24.1. The maximum absolute atomic E-state index is 13.6. The summed E-state index contributed by atoms with van der Waals surface area (Å²) >= 11 is 0. The molecule has 0 aromatic heterocycles. The highest BCUT2D eigenvalue weighted by Crippen LogP contribution is 2.70. The van der Waals surface area contributed by atoms with E-state index in [-0.39, 0.29) is 45.2 Å². The molecule has 5 atom stereocenters. The van der Waals surface area contributed by atoms with Crippen LogP contribution in [0.25, 0.3) is 0 Å². The summed E-state index contributed by atoms with van der Waals surface area (Å²) in [5.41, 5.74) is -0.948. The molecule has 2 fully saturated rings. The van der Waals surface area contributed by atoms with Gasteiger partial charge in [-0.25, -0.2) is 0 Å². The summed E-state index contributed by atoms with van der Waals surface area (Å²) in [7, 11) is 0. The molecule has 0 spiro atoms. The summed E-state index contributed by atoms with van der Waals surface area (Å²) in [5, 5.41) is 19.5. The SMILES string of the molecule is C[C@H]1C(=O)C=C2[C@@]3(C)C=C(C#N)C(=O)C(C)(C)C3CC[C@@]2(C)[C@]1(C)CCC1(C)CCC(C)(C(=O)O)CC1. The number of carboxylic acid groups (broad SMARTS) is 1. The van der Waals surface area contributed by atoms with Crippen LogP contribution in [0.2, 0.25) is 0 Å². The number of nitriles is 1. The van der Waals surface area contributed by atoms with E-state index in [1.807, 2.05) is 32.9 Å². The molecular formula is C32H45NO4. The van der Waals surface area contributed by atoms with Gasteiger partial charge in [0, 0.05) is 16.7 Å². The molecular weight excluding hydrogens is 462 g/mol. The second-order valence-electron chi connectivity index (χ2n) is 14.7. The minimum Gasteiger partial charge on any atom is -0.481 e. The fourth-order valence-electron chi connectivity index (χ4n) is 8.78. The number of Topliss-reactive ketones (excluding diaryl/α,β-unsaturated/α-hetero) is 1. The Hall–Kier alpha value is -2.22. The highest BCUT2D eigenvalue weighted by atomic mass is 16.4. The Morgan fingerprint density at radius 3 is 2.14 bits per heavy atom. The number of aliphatic carboxylic acids is 1. The van der Waals surface area contributed by atoms with Crippen LogP contribution in [0.5, 0.6) is 0 Å². The number of allylic oxidation sites excluding steroid dienone is 4. The molecule has 1 N–H and O–H groups in total. The first-order valence-corrected chi connectivity index (χ1v) is 14.1. The van der Waals surface area contributed by atoms with Gasteiger partial charge in [-0.1, -0.05) is 60.1 Å². The Morgan fingerprint density at radius 2 is 1.59 bits per heavy atom. The van der Waals surface area contributed by atoms with Gasteiger partial charge in [-0.05, 0) is 86.5 Å². The van der Waals surface area contributed by atoms with Crippen molar-refractivity contribution in [2.45, 2.75) is 107 Å². The molecule has 202 valence electrons. The summed E-state index contributed by atoms with van der Waals surface area (Å²) in [6.45, 7) is 16.9. The predicted molar refractivity (Wildman–Crippen MR) is 143 cm³/mol. The van der Waals surface area contributed by atoms with Crippen LogP contribution < -0.4 is 0 Å². The van der Waals surface area contributed by atoms with E-state index in [1.54, 1.807) is 0 Å². The number of carbonyl (C=O) groups is 3. The highest BCUT2D eigenvalue weighted by molar-refractivity contribution is 6.04. The number of fused-ring (bicyclic) bond motifs is 3. The van der Waals surface area contributed by atoms with Gasteiger partial charge >= 0.3 is 5.97 Å². The van der Waals surface area contributed by atoms with E-state index in [4.69, 9.17) is 0 Å². The van der Waals surface area contributed by atoms with Gasteiger partial charge in [-0.2, -0.15) is 5.26 Å². The number of hydrogen-bond acceptors (Lipinski definition) is 4. The van der Waals surface area contributed by atoms with Crippen LogP contribution in [-0.4, -0.2) is 22.6 Å². The average molecular weight is 508 g/mol. The lowest BCUT2D eigenvalue weighted by Gasteiger charge is -2.64. The first-order chi connectivity index (χ1) is 16.9. The van der Waals surface area contributed by atoms with Crippen LogP contribution in [-0.2, 0) is 14.4 Å². The zero-order valence-electron chi connectivity index (χ0n) is 24.1. The number of nitrogens with zero attached hydrogens (tertiary/aromatic N) is 1. The summed E-state index contributed by atoms with van der Waals surface area (Å²) < 4.78 is 0. The van der Waals surface area contributed by atoms with Crippen LogP contribution in [0.3, 0.4) is 0 Å². The molecule has 2 saturated carbocycles. The molecule has 0 radical (unpaired) electrons. The third-order valence-electron chi connectivity index (χ3n) is 12.4. The maximum atomic E-state index is 13.6. The van der Waals surface area contributed by atoms with Crippen molar-refractivity contribution >= 4 is 17.5 Å². The lowest BCUT2D eigenvalue weighted by molar-refractivity contribution is -0.151. The molecule has 0 aliphatic heterocycles. The van der Waals surface area contributed by atoms with Crippen molar-refractivity contribution in [1.82, 2.24) is 0 Å². The van der Waals surface area contributed by atoms with Gasteiger partial charge in [0.05, 0.1) is 11.0 Å². The average Bonchev–Trinajstić information content (AvgIpc) is 2.83. The Bertz CT molecular complexity index is 1140. The van der Waals surface area contributed by atoms with E-state index in [0.717, 1.165) is 44.1 Å². The monoisotopic (exact) mass is 507 g/mol. The Balaban J connectivity index is 1.70. The second kappa shape index (κ2) is 8.39. The van der Waals surface area contributed by atoms with Crippen molar-refractivity contribution in [3.63, 3.8) is 0 Å². The van der Waals surface area contributed by atoms with Gasteiger partial charge in [0.15, 0.2) is 11.6 Å². The molecule has 37 heavy (non-hydrogen) atoms. The van der Waals surface area contributed by atoms with E-state index in [0.29, 0.717) is 12.8 Å². The van der Waals surface area contributed by atoms with Gasteiger partial charge in [0.2, 0.25) is 0 Å². The normalized spacial score (nSPS) is 45.2. The Morgan fingerprint density at radius 1 is 1.00 bits per heavy atom. The van der Waals surface area contributed by atoms with Crippen LogP contribution in [0, 0.1) is 55.7 Å².